The minimum absolute atomic E-state index is 0.320. The standard InChI is InChI=1S/C17H16N2O/c1-12(13-5-7-16(20-2)8-6-13)14-3-4-15-10-18-11-19-17(15)9-14/h3-12H,1-2H3. The molecule has 2 aromatic carbocycles. The SMILES string of the molecule is COc1ccc(C(C)c2ccc3cncnc3c2)cc1. The van der Waals surface area contributed by atoms with E-state index >= 15 is 0 Å². The molecule has 0 aliphatic carbocycles. The zero-order valence-electron chi connectivity index (χ0n) is 11.6. The second-order valence-corrected chi connectivity index (χ2v) is 4.84. The van der Waals surface area contributed by atoms with E-state index < -0.39 is 0 Å². The van der Waals surface area contributed by atoms with Crippen LogP contribution in [0.3, 0.4) is 0 Å². The Morgan fingerprint density at radius 3 is 2.50 bits per heavy atom. The van der Waals surface area contributed by atoms with Gasteiger partial charge in [-0.05, 0) is 29.3 Å². The van der Waals surface area contributed by atoms with Crippen molar-refractivity contribution in [1.29, 1.82) is 0 Å². The van der Waals surface area contributed by atoms with Gasteiger partial charge in [-0.25, -0.2) is 9.97 Å². The van der Waals surface area contributed by atoms with Crippen molar-refractivity contribution in [2.75, 3.05) is 7.11 Å². The molecule has 0 saturated heterocycles. The van der Waals surface area contributed by atoms with Crippen LogP contribution >= 0.6 is 0 Å². The van der Waals surface area contributed by atoms with Gasteiger partial charge in [0.05, 0.1) is 12.6 Å². The predicted octanol–water partition coefficient (Wildman–Crippen LogP) is 3.79. The Hall–Kier alpha value is -2.42. The van der Waals surface area contributed by atoms with Crippen molar-refractivity contribution < 1.29 is 4.74 Å². The van der Waals surface area contributed by atoms with E-state index in [0.717, 1.165) is 16.7 Å². The summed E-state index contributed by atoms with van der Waals surface area (Å²) in [6.07, 6.45) is 3.42. The maximum Gasteiger partial charge on any atom is 0.118 e. The Kier molecular flexibility index (Phi) is 3.33. The number of methoxy groups -OCH3 is 1. The first-order valence-corrected chi connectivity index (χ1v) is 6.61. The monoisotopic (exact) mass is 264 g/mol. The largest absolute Gasteiger partial charge is 0.497 e. The molecule has 3 aromatic rings. The van der Waals surface area contributed by atoms with E-state index in [9.17, 15) is 0 Å². The summed E-state index contributed by atoms with van der Waals surface area (Å²) >= 11 is 0. The van der Waals surface area contributed by atoms with E-state index in [1.54, 1.807) is 13.4 Å². The van der Waals surface area contributed by atoms with Crippen molar-refractivity contribution in [3.63, 3.8) is 0 Å². The molecule has 0 fully saturated rings. The third-order valence-electron chi connectivity index (χ3n) is 3.65. The minimum atomic E-state index is 0.320. The van der Waals surface area contributed by atoms with Crippen LogP contribution in [-0.4, -0.2) is 17.1 Å². The van der Waals surface area contributed by atoms with Crippen LogP contribution < -0.4 is 4.74 Å². The first-order valence-electron chi connectivity index (χ1n) is 6.61. The van der Waals surface area contributed by atoms with Crippen LogP contribution in [0.2, 0.25) is 0 Å². The lowest BCUT2D eigenvalue weighted by molar-refractivity contribution is 0.414. The quantitative estimate of drug-likeness (QED) is 0.722. The highest BCUT2D eigenvalue weighted by molar-refractivity contribution is 5.78. The Morgan fingerprint density at radius 1 is 1.00 bits per heavy atom. The van der Waals surface area contributed by atoms with Gasteiger partial charge >= 0.3 is 0 Å². The van der Waals surface area contributed by atoms with Crippen LogP contribution in [0, 0.1) is 0 Å². The molecule has 1 unspecified atom stereocenters. The molecule has 1 atom stereocenters. The highest BCUT2D eigenvalue weighted by atomic mass is 16.5. The maximum atomic E-state index is 5.20. The highest BCUT2D eigenvalue weighted by Gasteiger charge is 2.09. The number of benzene rings is 2. The molecule has 0 aliphatic rings. The third-order valence-corrected chi connectivity index (χ3v) is 3.65. The smallest absolute Gasteiger partial charge is 0.118 e. The molecule has 0 bridgehead atoms. The Labute approximate surface area is 118 Å². The summed E-state index contributed by atoms with van der Waals surface area (Å²) in [5, 5.41) is 1.07. The van der Waals surface area contributed by atoms with E-state index in [1.807, 2.05) is 18.3 Å². The van der Waals surface area contributed by atoms with Crippen LogP contribution in [0.25, 0.3) is 10.9 Å². The summed E-state index contributed by atoms with van der Waals surface area (Å²) in [6.45, 7) is 2.20. The molecule has 0 amide bonds. The number of nitrogens with zero attached hydrogens (tertiary/aromatic N) is 2. The van der Waals surface area contributed by atoms with Gasteiger partial charge in [-0.2, -0.15) is 0 Å². The summed E-state index contributed by atoms with van der Waals surface area (Å²) in [5.41, 5.74) is 3.50. The van der Waals surface area contributed by atoms with Crippen molar-refractivity contribution in [2.24, 2.45) is 0 Å². The van der Waals surface area contributed by atoms with Crippen LogP contribution in [0.15, 0.2) is 55.0 Å². The van der Waals surface area contributed by atoms with Gasteiger partial charge in [0.1, 0.15) is 12.1 Å². The summed E-state index contributed by atoms with van der Waals surface area (Å²) < 4.78 is 5.20. The zero-order valence-corrected chi connectivity index (χ0v) is 11.6. The fourth-order valence-corrected chi connectivity index (χ4v) is 2.35. The second-order valence-electron chi connectivity index (χ2n) is 4.84. The summed E-state index contributed by atoms with van der Waals surface area (Å²) in [7, 11) is 1.68. The maximum absolute atomic E-state index is 5.20. The summed E-state index contributed by atoms with van der Waals surface area (Å²) in [6, 6.07) is 14.5. The van der Waals surface area contributed by atoms with Gasteiger partial charge in [0.15, 0.2) is 0 Å². The van der Waals surface area contributed by atoms with Crippen molar-refractivity contribution in [1.82, 2.24) is 9.97 Å². The molecule has 0 saturated carbocycles. The van der Waals surface area contributed by atoms with Crippen LogP contribution in [0.4, 0.5) is 0 Å². The summed E-state index contributed by atoms with van der Waals surface area (Å²) in [4.78, 5) is 8.35. The first kappa shape index (κ1) is 12.6. The fraction of sp³-hybridized carbons (Fsp3) is 0.176. The number of hydrogen-bond donors (Lipinski definition) is 0. The lowest BCUT2D eigenvalue weighted by atomic mass is 9.92. The van der Waals surface area contributed by atoms with E-state index in [-0.39, 0.29) is 0 Å². The number of ether oxygens (including phenoxy) is 1. The topological polar surface area (TPSA) is 35.0 Å². The summed E-state index contributed by atoms with van der Waals surface area (Å²) in [5.74, 6) is 1.20. The highest BCUT2D eigenvalue weighted by Crippen LogP contribution is 2.27. The minimum Gasteiger partial charge on any atom is -0.497 e. The molecule has 3 rings (SSSR count). The molecule has 0 aliphatic heterocycles. The van der Waals surface area contributed by atoms with Crippen molar-refractivity contribution in [2.45, 2.75) is 12.8 Å². The zero-order chi connectivity index (χ0) is 13.9. The molecule has 100 valence electrons. The molecule has 0 N–H and O–H groups in total. The molecule has 20 heavy (non-hydrogen) atoms. The second kappa shape index (κ2) is 5.29. The van der Waals surface area contributed by atoms with Gasteiger partial charge in [-0.15, -0.1) is 0 Å². The van der Waals surface area contributed by atoms with Crippen molar-refractivity contribution in [3.05, 3.63) is 66.1 Å². The predicted molar refractivity (Wildman–Crippen MR) is 80.0 cm³/mol. The van der Waals surface area contributed by atoms with Gasteiger partial charge < -0.3 is 4.74 Å². The van der Waals surface area contributed by atoms with Crippen molar-refractivity contribution in [3.8, 4) is 5.75 Å². The van der Waals surface area contributed by atoms with Crippen LogP contribution in [-0.2, 0) is 0 Å². The number of rotatable bonds is 3. The average molecular weight is 264 g/mol. The van der Waals surface area contributed by atoms with Gasteiger partial charge in [0.25, 0.3) is 0 Å². The molecular formula is C17H16N2O. The fourth-order valence-electron chi connectivity index (χ4n) is 2.35. The lowest BCUT2D eigenvalue weighted by Gasteiger charge is -2.13. The van der Waals surface area contributed by atoms with E-state index in [1.165, 1.54) is 11.1 Å². The first-order chi connectivity index (χ1) is 9.78. The Balaban J connectivity index is 1.96. The van der Waals surface area contributed by atoms with E-state index in [4.69, 9.17) is 4.74 Å². The Bertz CT molecular complexity index is 722. The van der Waals surface area contributed by atoms with Crippen molar-refractivity contribution >= 4 is 10.9 Å². The van der Waals surface area contributed by atoms with Gasteiger partial charge in [-0.3, -0.25) is 0 Å². The van der Waals surface area contributed by atoms with Crippen LogP contribution in [0.5, 0.6) is 5.75 Å². The van der Waals surface area contributed by atoms with Gasteiger partial charge in [0.2, 0.25) is 0 Å². The van der Waals surface area contributed by atoms with Gasteiger partial charge in [0, 0.05) is 17.5 Å². The van der Waals surface area contributed by atoms with E-state index in [0.29, 0.717) is 5.92 Å². The number of fused-ring (bicyclic) bond motifs is 1. The number of aromatic nitrogens is 2. The van der Waals surface area contributed by atoms with Crippen LogP contribution in [0.1, 0.15) is 24.0 Å². The lowest BCUT2D eigenvalue weighted by Crippen LogP contribution is -1.96. The van der Waals surface area contributed by atoms with E-state index in [2.05, 4.69) is 47.2 Å². The van der Waals surface area contributed by atoms with Gasteiger partial charge in [-0.1, -0.05) is 31.2 Å². The molecule has 3 nitrogen and oxygen atoms in total. The normalized spacial score (nSPS) is 12.3. The average Bonchev–Trinajstić information content (AvgIpc) is 2.54. The Morgan fingerprint density at radius 2 is 1.75 bits per heavy atom. The molecule has 1 heterocycles. The molecule has 0 radical (unpaired) electrons. The number of hydrogen-bond acceptors (Lipinski definition) is 3. The molecule has 3 heteroatoms. The third kappa shape index (κ3) is 2.35. The molecular weight excluding hydrogens is 248 g/mol. The molecule has 1 aromatic heterocycles. The molecule has 0 spiro atoms.